The summed E-state index contributed by atoms with van der Waals surface area (Å²) in [6.45, 7) is 5.38. The maximum Gasteiger partial charge on any atom is 0.252 e. The molecule has 0 spiro atoms. The fourth-order valence-electron chi connectivity index (χ4n) is 1.69. The molecule has 1 amide bonds. The SMILES string of the molecule is CCNc1ccc(C(=O)NCCCCOCCOC)cn1. The third-order valence-electron chi connectivity index (χ3n) is 2.82. The molecule has 1 aromatic rings. The van der Waals surface area contributed by atoms with Crippen LogP contribution in [0.25, 0.3) is 0 Å². The summed E-state index contributed by atoms with van der Waals surface area (Å²) in [5.41, 5.74) is 0.577. The van der Waals surface area contributed by atoms with Crippen LogP contribution in [0.4, 0.5) is 5.82 Å². The molecule has 0 aromatic carbocycles. The van der Waals surface area contributed by atoms with Crippen molar-refractivity contribution in [1.29, 1.82) is 0 Å². The predicted molar refractivity (Wildman–Crippen MR) is 82.7 cm³/mol. The number of anilines is 1. The van der Waals surface area contributed by atoms with Crippen LogP contribution in [0.5, 0.6) is 0 Å². The normalized spacial score (nSPS) is 10.4. The topological polar surface area (TPSA) is 72.5 Å². The van der Waals surface area contributed by atoms with E-state index in [4.69, 9.17) is 9.47 Å². The number of methoxy groups -OCH3 is 1. The van der Waals surface area contributed by atoms with Gasteiger partial charge in [-0.25, -0.2) is 4.98 Å². The molecule has 1 heterocycles. The summed E-state index contributed by atoms with van der Waals surface area (Å²) >= 11 is 0. The largest absolute Gasteiger partial charge is 0.382 e. The van der Waals surface area contributed by atoms with Gasteiger partial charge in [0.15, 0.2) is 0 Å². The van der Waals surface area contributed by atoms with Crippen molar-refractivity contribution in [2.45, 2.75) is 19.8 Å². The minimum atomic E-state index is -0.0918. The van der Waals surface area contributed by atoms with Gasteiger partial charge in [-0.15, -0.1) is 0 Å². The van der Waals surface area contributed by atoms with Gasteiger partial charge in [0.2, 0.25) is 0 Å². The van der Waals surface area contributed by atoms with Crippen LogP contribution in [0.15, 0.2) is 18.3 Å². The lowest BCUT2D eigenvalue weighted by molar-refractivity contribution is 0.0686. The molecule has 1 rings (SSSR count). The second kappa shape index (κ2) is 11.0. The Kier molecular flexibility index (Phi) is 9.15. The number of amides is 1. The van der Waals surface area contributed by atoms with Crippen LogP contribution in [0.1, 0.15) is 30.1 Å². The quantitative estimate of drug-likeness (QED) is 0.608. The molecule has 6 nitrogen and oxygen atoms in total. The number of rotatable bonds is 11. The van der Waals surface area contributed by atoms with Crippen LogP contribution < -0.4 is 10.6 Å². The molecule has 0 atom stereocenters. The smallest absolute Gasteiger partial charge is 0.252 e. The first-order chi connectivity index (χ1) is 10.3. The molecular weight excluding hydrogens is 270 g/mol. The molecule has 1 aromatic heterocycles. The van der Waals surface area contributed by atoms with E-state index in [-0.39, 0.29) is 5.91 Å². The van der Waals surface area contributed by atoms with E-state index in [1.807, 2.05) is 13.0 Å². The summed E-state index contributed by atoms with van der Waals surface area (Å²) in [7, 11) is 1.65. The molecule has 21 heavy (non-hydrogen) atoms. The molecule has 0 unspecified atom stereocenters. The summed E-state index contributed by atoms with van der Waals surface area (Å²) in [6, 6.07) is 3.58. The molecule has 0 saturated carbocycles. The van der Waals surface area contributed by atoms with E-state index in [0.717, 1.165) is 25.2 Å². The van der Waals surface area contributed by atoms with Gasteiger partial charge in [-0.3, -0.25) is 4.79 Å². The first kappa shape index (κ1) is 17.4. The Bertz CT molecular complexity index is 396. The Hall–Kier alpha value is -1.66. The van der Waals surface area contributed by atoms with Crippen LogP contribution in [0.3, 0.4) is 0 Å². The van der Waals surface area contributed by atoms with Crippen LogP contribution in [-0.4, -0.2) is 50.9 Å². The maximum atomic E-state index is 11.9. The number of unbranched alkanes of at least 4 members (excludes halogenated alkanes) is 1. The first-order valence-electron chi connectivity index (χ1n) is 7.32. The summed E-state index contributed by atoms with van der Waals surface area (Å²) in [4.78, 5) is 16.0. The van der Waals surface area contributed by atoms with Gasteiger partial charge in [0.25, 0.3) is 5.91 Å². The minimum absolute atomic E-state index is 0.0918. The zero-order chi connectivity index (χ0) is 15.3. The van der Waals surface area contributed by atoms with E-state index in [2.05, 4.69) is 15.6 Å². The Morgan fingerprint density at radius 1 is 1.24 bits per heavy atom. The van der Waals surface area contributed by atoms with Crippen molar-refractivity contribution in [2.24, 2.45) is 0 Å². The van der Waals surface area contributed by atoms with Gasteiger partial charge in [0.05, 0.1) is 18.8 Å². The van der Waals surface area contributed by atoms with Crippen LogP contribution >= 0.6 is 0 Å². The maximum absolute atomic E-state index is 11.9. The van der Waals surface area contributed by atoms with E-state index >= 15 is 0 Å². The lowest BCUT2D eigenvalue weighted by Crippen LogP contribution is -2.24. The Balaban J connectivity index is 2.13. The van der Waals surface area contributed by atoms with Crippen molar-refractivity contribution >= 4 is 11.7 Å². The molecule has 0 aliphatic heterocycles. The number of ether oxygens (including phenoxy) is 2. The fraction of sp³-hybridized carbons (Fsp3) is 0.600. The zero-order valence-electron chi connectivity index (χ0n) is 12.9. The lowest BCUT2D eigenvalue weighted by atomic mass is 10.2. The first-order valence-corrected chi connectivity index (χ1v) is 7.32. The molecular formula is C15H25N3O3. The van der Waals surface area contributed by atoms with Crippen molar-refractivity contribution in [3.8, 4) is 0 Å². The van der Waals surface area contributed by atoms with E-state index in [1.165, 1.54) is 0 Å². The van der Waals surface area contributed by atoms with Crippen LogP contribution in [-0.2, 0) is 9.47 Å². The van der Waals surface area contributed by atoms with Gasteiger partial charge in [-0.1, -0.05) is 0 Å². The fourth-order valence-corrected chi connectivity index (χ4v) is 1.69. The summed E-state index contributed by atoms with van der Waals surface area (Å²) in [6.07, 6.45) is 3.39. The third kappa shape index (κ3) is 7.63. The molecule has 0 aliphatic rings. The number of hydrogen-bond acceptors (Lipinski definition) is 5. The Morgan fingerprint density at radius 2 is 2.10 bits per heavy atom. The number of carbonyl (C=O) groups is 1. The molecule has 0 radical (unpaired) electrons. The van der Waals surface area contributed by atoms with Gasteiger partial charge < -0.3 is 20.1 Å². The van der Waals surface area contributed by atoms with Crippen LogP contribution in [0.2, 0.25) is 0 Å². The highest BCUT2D eigenvalue weighted by atomic mass is 16.5. The number of pyridine rings is 1. The molecule has 0 aliphatic carbocycles. The van der Waals surface area contributed by atoms with Gasteiger partial charge >= 0.3 is 0 Å². The number of aromatic nitrogens is 1. The van der Waals surface area contributed by atoms with Gasteiger partial charge in [-0.05, 0) is 31.9 Å². The zero-order valence-corrected chi connectivity index (χ0v) is 12.9. The number of nitrogens with one attached hydrogen (secondary N) is 2. The molecule has 6 heteroatoms. The van der Waals surface area contributed by atoms with Crippen LogP contribution in [0, 0.1) is 0 Å². The third-order valence-corrected chi connectivity index (χ3v) is 2.82. The Morgan fingerprint density at radius 3 is 2.76 bits per heavy atom. The van der Waals surface area contributed by atoms with E-state index in [1.54, 1.807) is 19.4 Å². The van der Waals surface area contributed by atoms with E-state index in [0.29, 0.717) is 31.9 Å². The lowest BCUT2D eigenvalue weighted by Gasteiger charge is -2.07. The van der Waals surface area contributed by atoms with E-state index < -0.39 is 0 Å². The second-order valence-electron chi connectivity index (χ2n) is 4.53. The molecule has 0 saturated heterocycles. The Labute approximate surface area is 126 Å². The summed E-state index contributed by atoms with van der Waals surface area (Å²) in [5, 5.41) is 5.96. The van der Waals surface area contributed by atoms with Gasteiger partial charge in [-0.2, -0.15) is 0 Å². The average molecular weight is 295 g/mol. The monoisotopic (exact) mass is 295 g/mol. The van der Waals surface area contributed by atoms with Crippen molar-refractivity contribution in [3.63, 3.8) is 0 Å². The van der Waals surface area contributed by atoms with E-state index in [9.17, 15) is 4.79 Å². The van der Waals surface area contributed by atoms with Crippen molar-refractivity contribution in [3.05, 3.63) is 23.9 Å². The van der Waals surface area contributed by atoms with Gasteiger partial charge in [0, 0.05) is 33.0 Å². The highest BCUT2D eigenvalue weighted by Gasteiger charge is 2.05. The highest BCUT2D eigenvalue weighted by Crippen LogP contribution is 2.04. The van der Waals surface area contributed by atoms with Crippen molar-refractivity contribution < 1.29 is 14.3 Å². The number of hydrogen-bond donors (Lipinski definition) is 2. The highest BCUT2D eigenvalue weighted by molar-refractivity contribution is 5.93. The standard InChI is InChI=1S/C15H25N3O3/c1-3-16-14-7-6-13(12-18-14)15(19)17-8-4-5-9-21-11-10-20-2/h6-7,12H,3-5,8-11H2,1-2H3,(H,16,18)(H,17,19). The summed E-state index contributed by atoms with van der Waals surface area (Å²) < 4.78 is 10.2. The average Bonchev–Trinajstić information content (AvgIpc) is 2.51. The minimum Gasteiger partial charge on any atom is -0.382 e. The summed E-state index contributed by atoms with van der Waals surface area (Å²) in [5.74, 6) is 0.688. The molecule has 2 N–H and O–H groups in total. The molecule has 118 valence electrons. The molecule has 0 bridgehead atoms. The second-order valence-corrected chi connectivity index (χ2v) is 4.53. The van der Waals surface area contributed by atoms with Crippen molar-refractivity contribution in [2.75, 3.05) is 45.3 Å². The number of nitrogens with zero attached hydrogens (tertiary/aromatic N) is 1. The van der Waals surface area contributed by atoms with Crippen molar-refractivity contribution in [1.82, 2.24) is 10.3 Å². The predicted octanol–water partition coefficient (Wildman–Crippen LogP) is 1.69. The molecule has 0 fully saturated rings. The number of carbonyl (C=O) groups excluding carboxylic acids is 1. The van der Waals surface area contributed by atoms with Gasteiger partial charge in [0.1, 0.15) is 5.82 Å².